The van der Waals surface area contributed by atoms with Crippen LogP contribution in [0.25, 0.3) is 0 Å². The number of anilines is 1. The van der Waals surface area contributed by atoms with Crippen molar-refractivity contribution in [3.8, 4) is 0 Å². The number of aromatic nitrogens is 2. The molecule has 4 fully saturated rings. The van der Waals surface area contributed by atoms with Crippen LogP contribution < -0.4 is 5.32 Å². The van der Waals surface area contributed by atoms with Gasteiger partial charge in [-0.05, 0) is 62.7 Å². The highest BCUT2D eigenvalue weighted by atomic mass is 16.2. The molecule has 4 saturated carbocycles. The average Bonchev–Trinajstić information content (AvgIpc) is 2.60. The van der Waals surface area contributed by atoms with Crippen LogP contribution in [0.4, 0.5) is 5.82 Å². The summed E-state index contributed by atoms with van der Waals surface area (Å²) in [5.74, 6) is 3.14. The third kappa shape index (κ3) is 2.53. The van der Waals surface area contributed by atoms with E-state index in [0.717, 1.165) is 48.3 Å². The molecule has 0 radical (unpaired) electrons. The zero-order valence-electron chi connectivity index (χ0n) is 15.3. The van der Waals surface area contributed by atoms with E-state index in [1.165, 1.54) is 25.6 Å². The first kappa shape index (κ1) is 16.2. The number of amides is 2. The lowest BCUT2D eigenvalue weighted by molar-refractivity contribution is -0.140. The summed E-state index contributed by atoms with van der Waals surface area (Å²) in [6.45, 7) is 2.76. The average molecular weight is 354 g/mol. The van der Waals surface area contributed by atoms with Gasteiger partial charge in [-0.2, -0.15) is 0 Å². The van der Waals surface area contributed by atoms with Crippen molar-refractivity contribution in [2.75, 3.05) is 11.9 Å². The molecule has 1 aromatic heterocycles. The Morgan fingerprint density at radius 3 is 2.38 bits per heavy atom. The molecule has 0 saturated heterocycles. The number of nitrogens with zero attached hydrogens (tertiary/aromatic N) is 3. The molecule has 6 heteroatoms. The van der Waals surface area contributed by atoms with Crippen LogP contribution >= 0.6 is 0 Å². The minimum Gasteiger partial charge on any atom is -0.337 e. The zero-order valence-corrected chi connectivity index (χ0v) is 15.3. The third-order valence-corrected chi connectivity index (χ3v) is 7.20. The number of carbonyl (C=O) groups excluding carboxylic acids is 2. The molecule has 0 aromatic carbocycles. The predicted octanol–water partition coefficient (Wildman–Crippen LogP) is 2.54. The van der Waals surface area contributed by atoms with E-state index in [1.54, 1.807) is 11.8 Å². The maximum atomic E-state index is 13.3. The lowest BCUT2D eigenvalue weighted by Gasteiger charge is -2.55. The summed E-state index contributed by atoms with van der Waals surface area (Å²) >= 11 is 0. The van der Waals surface area contributed by atoms with E-state index in [4.69, 9.17) is 0 Å². The van der Waals surface area contributed by atoms with Crippen LogP contribution in [0.2, 0.25) is 0 Å². The molecule has 0 unspecified atom stereocenters. The Bertz CT molecular complexity index is 740. The van der Waals surface area contributed by atoms with E-state index in [-0.39, 0.29) is 17.2 Å². The van der Waals surface area contributed by atoms with E-state index < -0.39 is 0 Å². The standard InChI is InChI=1S/C20H26N4O2/c1-12(25)24-3-2-16-17(10-24)21-11-22-18(16)23-19(26)20-7-13-4-14(8-20)6-15(5-13)9-20/h11,13-15H,2-10H2,1H3,(H,21,22,23,26). The fourth-order valence-electron chi connectivity index (χ4n) is 6.36. The highest BCUT2D eigenvalue weighted by Gasteiger charge is 2.54. The molecular weight excluding hydrogens is 328 g/mol. The Kier molecular flexibility index (Phi) is 3.59. The number of carbonyl (C=O) groups is 2. The molecule has 1 N–H and O–H groups in total. The molecule has 4 aliphatic carbocycles. The van der Waals surface area contributed by atoms with Gasteiger partial charge in [-0.25, -0.2) is 9.97 Å². The molecule has 6 rings (SSSR count). The molecule has 26 heavy (non-hydrogen) atoms. The smallest absolute Gasteiger partial charge is 0.231 e. The summed E-state index contributed by atoms with van der Waals surface area (Å²) in [6.07, 6.45) is 9.36. The highest BCUT2D eigenvalue weighted by Crippen LogP contribution is 2.60. The van der Waals surface area contributed by atoms with Gasteiger partial charge in [0.25, 0.3) is 0 Å². The van der Waals surface area contributed by atoms with Gasteiger partial charge in [0, 0.05) is 19.0 Å². The molecule has 4 bridgehead atoms. The monoisotopic (exact) mass is 354 g/mol. The molecule has 5 aliphatic rings. The van der Waals surface area contributed by atoms with E-state index in [0.29, 0.717) is 25.3 Å². The second kappa shape index (κ2) is 5.76. The molecule has 0 spiro atoms. The van der Waals surface area contributed by atoms with Gasteiger partial charge in [-0.3, -0.25) is 9.59 Å². The molecule has 2 amide bonds. The summed E-state index contributed by atoms with van der Waals surface area (Å²) in [7, 11) is 0. The molecule has 1 aromatic rings. The number of fused-ring (bicyclic) bond motifs is 1. The van der Waals surface area contributed by atoms with Crippen molar-refractivity contribution in [3.63, 3.8) is 0 Å². The highest BCUT2D eigenvalue weighted by molar-refractivity contribution is 5.95. The van der Waals surface area contributed by atoms with E-state index in [2.05, 4.69) is 15.3 Å². The summed E-state index contributed by atoms with van der Waals surface area (Å²) < 4.78 is 0. The molecule has 6 nitrogen and oxygen atoms in total. The quantitative estimate of drug-likeness (QED) is 0.885. The van der Waals surface area contributed by atoms with E-state index in [1.807, 2.05) is 0 Å². The Morgan fingerprint density at radius 2 is 1.77 bits per heavy atom. The van der Waals surface area contributed by atoms with Crippen LogP contribution in [-0.2, 0) is 22.6 Å². The van der Waals surface area contributed by atoms with Crippen molar-refractivity contribution in [2.45, 2.75) is 58.4 Å². The van der Waals surface area contributed by atoms with Gasteiger partial charge in [-0.1, -0.05) is 0 Å². The number of rotatable bonds is 2. The molecule has 1 aliphatic heterocycles. The molecular formula is C20H26N4O2. The van der Waals surface area contributed by atoms with Gasteiger partial charge in [0.1, 0.15) is 12.1 Å². The first-order valence-corrected chi connectivity index (χ1v) is 9.92. The van der Waals surface area contributed by atoms with Gasteiger partial charge in [0.05, 0.1) is 17.7 Å². The van der Waals surface area contributed by atoms with Crippen molar-refractivity contribution < 1.29 is 9.59 Å². The van der Waals surface area contributed by atoms with Crippen molar-refractivity contribution in [1.82, 2.24) is 14.9 Å². The van der Waals surface area contributed by atoms with Crippen LogP contribution in [0.3, 0.4) is 0 Å². The van der Waals surface area contributed by atoms with Crippen molar-refractivity contribution in [1.29, 1.82) is 0 Å². The maximum absolute atomic E-state index is 13.3. The van der Waals surface area contributed by atoms with Gasteiger partial charge < -0.3 is 10.2 Å². The minimum atomic E-state index is -0.174. The molecule has 138 valence electrons. The largest absolute Gasteiger partial charge is 0.337 e. The minimum absolute atomic E-state index is 0.0633. The van der Waals surface area contributed by atoms with Gasteiger partial charge >= 0.3 is 0 Å². The SMILES string of the molecule is CC(=O)N1CCc2c(ncnc2NC(=O)C23CC4CC(CC(C4)C2)C3)C1. The lowest BCUT2D eigenvalue weighted by Crippen LogP contribution is -2.52. The predicted molar refractivity (Wildman–Crippen MR) is 96.1 cm³/mol. The summed E-state index contributed by atoms with van der Waals surface area (Å²) in [4.78, 5) is 35.5. The fourth-order valence-corrected chi connectivity index (χ4v) is 6.36. The third-order valence-electron chi connectivity index (χ3n) is 7.20. The molecule has 2 heterocycles. The zero-order chi connectivity index (χ0) is 17.9. The summed E-state index contributed by atoms with van der Waals surface area (Å²) in [5.41, 5.74) is 1.69. The Balaban J connectivity index is 1.38. The van der Waals surface area contributed by atoms with E-state index >= 15 is 0 Å². The van der Waals surface area contributed by atoms with Crippen LogP contribution in [-0.4, -0.2) is 33.2 Å². The second-order valence-corrected chi connectivity index (χ2v) is 8.99. The lowest BCUT2D eigenvalue weighted by atomic mass is 9.49. The van der Waals surface area contributed by atoms with Crippen molar-refractivity contribution in [2.24, 2.45) is 23.2 Å². The molecule has 0 atom stereocenters. The first-order valence-electron chi connectivity index (χ1n) is 9.92. The maximum Gasteiger partial charge on any atom is 0.231 e. The first-order chi connectivity index (χ1) is 12.5. The van der Waals surface area contributed by atoms with Crippen LogP contribution in [0.1, 0.15) is 56.7 Å². The van der Waals surface area contributed by atoms with Gasteiger partial charge in [0.15, 0.2) is 0 Å². The second-order valence-electron chi connectivity index (χ2n) is 8.99. The van der Waals surface area contributed by atoms with Crippen LogP contribution in [0.15, 0.2) is 6.33 Å². The fraction of sp³-hybridized carbons (Fsp3) is 0.700. The Hall–Kier alpha value is -1.98. The summed E-state index contributed by atoms with van der Waals surface area (Å²) in [6, 6.07) is 0. The van der Waals surface area contributed by atoms with Crippen LogP contribution in [0, 0.1) is 23.2 Å². The van der Waals surface area contributed by atoms with Crippen molar-refractivity contribution >= 4 is 17.6 Å². The van der Waals surface area contributed by atoms with Crippen LogP contribution in [0.5, 0.6) is 0 Å². The van der Waals surface area contributed by atoms with Gasteiger partial charge in [-0.15, -0.1) is 0 Å². The Labute approximate surface area is 153 Å². The summed E-state index contributed by atoms with van der Waals surface area (Å²) in [5, 5.41) is 3.18. The number of hydrogen-bond acceptors (Lipinski definition) is 4. The van der Waals surface area contributed by atoms with E-state index in [9.17, 15) is 9.59 Å². The van der Waals surface area contributed by atoms with Crippen molar-refractivity contribution in [3.05, 3.63) is 17.6 Å². The number of hydrogen-bond donors (Lipinski definition) is 1. The normalized spacial score (nSPS) is 34.5. The Morgan fingerprint density at radius 1 is 1.12 bits per heavy atom. The number of nitrogens with one attached hydrogen (secondary N) is 1. The van der Waals surface area contributed by atoms with Gasteiger partial charge in [0.2, 0.25) is 11.8 Å². The topological polar surface area (TPSA) is 75.2 Å².